The highest BCUT2D eigenvalue weighted by molar-refractivity contribution is 7.89. The van der Waals surface area contributed by atoms with Crippen molar-refractivity contribution >= 4 is 15.9 Å². The summed E-state index contributed by atoms with van der Waals surface area (Å²) >= 11 is 0. The number of nitrogens with two attached hydrogens (primary N) is 1. The van der Waals surface area contributed by atoms with Crippen molar-refractivity contribution in [2.75, 3.05) is 12.3 Å². The molecule has 0 unspecified atom stereocenters. The van der Waals surface area contributed by atoms with E-state index < -0.39 is 10.0 Å². The van der Waals surface area contributed by atoms with Gasteiger partial charge >= 0.3 is 0 Å². The molecule has 2 fully saturated rings. The summed E-state index contributed by atoms with van der Waals surface area (Å²) in [6.07, 6.45) is 7.10. The van der Waals surface area contributed by atoms with Crippen LogP contribution in [-0.4, -0.2) is 36.9 Å². The number of amidine groups is 1. The molecule has 6 heteroatoms. The van der Waals surface area contributed by atoms with E-state index in [0.29, 0.717) is 5.92 Å². The molecule has 0 saturated heterocycles. The van der Waals surface area contributed by atoms with E-state index in [-0.39, 0.29) is 24.2 Å². The lowest BCUT2D eigenvalue weighted by molar-refractivity contribution is 0.352. The predicted octanol–water partition coefficient (Wildman–Crippen LogP) is 1.30. The Kier molecular flexibility index (Phi) is 4.27. The lowest BCUT2D eigenvalue weighted by Gasteiger charge is -2.27. The molecule has 0 aromatic carbocycles. The summed E-state index contributed by atoms with van der Waals surface area (Å²) in [6, 6.07) is 0.0677. The molecule has 0 radical (unpaired) electrons. The Labute approximate surface area is 109 Å². The summed E-state index contributed by atoms with van der Waals surface area (Å²) in [5, 5.41) is 7.37. The predicted molar refractivity (Wildman–Crippen MR) is 72.0 cm³/mol. The summed E-state index contributed by atoms with van der Waals surface area (Å²) in [6.45, 7) is 0.0671. The van der Waals surface area contributed by atoms with Crippen molar-refractivity contribution in [3.05, 3.63) is 0 Å². The molecular weight excluding hydrogens is 250 g/mol. The number of rotatable bonds is 7. The number of nitrogens with one attached hydrogen (secondary N) is 1. The largest absolute Gasteiger partial charge is 0.387 e. The third kappa shape index (κ3) is 3.68. The average molecular weight is 273 g/mol. The van der Waals surface area contributed by atoms with Gasteiger partial charge in [0.2, 0.25) is 10.0 Å². The summed E-state index contributed by atoms with van der Waals surface area (Å²) in [4.78, 5) is 0. The first kappa shape index (κ1) is 13.8. The van der Waals surface area contributed by atoms with Gasteiger partial charge < -0.3 is 5.73 Å². The molecule has 2 rings (SSSR count). The van der Waals surface area contributed by atoms with Gasteiger partial charge in [0.25, 0.3) is 0 Å². The highest BCUT2D eigenvalue weighted by Gasteiger charge is 2.33. The van der Waals surface area contributed by atoms with Crippen LogP contribution >= 0.6 is 0 Å². The average Bonchev–Trinajstić information content (AvgIpc) is 2.97. The molecule has 0 aromatic heterocycles. The van der Waals surface area contributed by atoms with Gasteiger partial charge in [-0.25, -0.2) is 8.42 Å². The molecule has 0 amide bonds. The topological polar surface area (TPSA) is 87.2 Å². The Hall–Kier alpha value is -0.620. The lowest BCUT2D eigenvalue weighted by Crippen LogP contribution is -2.44. The van der Waals surface area contributed by atoms with Crippen LogP contribution in [0.15, 0.2) is 0 Å². The molecular formula is C12H23N3O2S. The van der Waals surface area contributed by atoms with Gasteiger partial charge in [0.15, 0.2) is 0 Å². The van der Waals surface area contributed by atoms with E-state index in [9.17, 15) is 8.42 Å². The van der Waals surface area contributed by atoms with Gasteiger partial charge in [-0.2, -0.15) is 4.31 Å². The monoisotopic (exact) mass is 273 g/mol. The van der Waals surface area contributed by atoms with E-state index in [4.69, 9.17) is 11.1 Å². The number of sulfonamides is 1. The molecule has 2 aliphatic carbocycles. The summed E-state index contributed by atoms with van der Waals surface area (Å²) in [5.74, 6) is 0.779. The van der Waals surface area contributed by atoms with Crippen molar-refractivity contribution in [2.45, 2.75) is 51.0 Å². The van der Waals surface area contributed by atoms with Gasteiger partial charge in [-0.3, -0.25) is 5.41 Å². The van der Waals surface area contributed by atoms with Crippen molar-refractivity contribution < 1.29 is 8.42 Å². The van der Waals surface area contributed by atoms with E-state index in [1.165, 1.54) is 17.1 Å². The Morgan fingerprint density at radius 2 is 1.83 bits per heavy atom. The zero-order chi connectivity index (χ0) is 13.2. The molecule has 0 spiro atoms. The maximum atomic E-state index is 12.4. The molecule has 104 valence electrons. The standard InChI is InChI=1S/C12H23N3O2S/c13-12(14)9-15(11-3-1-2-4-11)18(16,17)8-7-10-5-6-10/h10-11H,1-9H2,(H3,13,14). The van der Waals surface area contributed by atoms with Gasteiger partial charge in [-0.1, -0.05) is 25.7 Å². The van der Waals surface area contributed by atoms with Gasteiger partial charge in [-0.15, -0.1) is 0 Å². The minimum atomic E-state index is -3.24. The molecule has 5 nitrogen and oxygen atoms in total. The quantitative estimate of drug-likeness (QED) is 0.541. The molecule has 0 aliphatic heterocycles. The fourth-order valence-electron chi connectivity index (χ4n) is 2.65. The molecule has 0 bridgehead atoms. The van der Waals surface area contributed by atoms with Crippen LogP contribution in [0.1, 0.15) is 44.9 Å². The molecule has 2 saturated carbocycles. The third-order valence-electron chi connectivity index (χ3n) is 3.90. The number of hydrogen-bond donors (Lipinski definition) is 2. The smallest absolute Gasteiger partial charge is 0.214 e. The zero-order valence-corrected chi connectivity index (χ0v) is 11.6. The summed E-state index contributed by atoms with van der Waals surface area (Å²) < 4.78 is 26.2. The van der Waals surface area contributed by atoms with E-state index in [0.717, 1.165) is 32.1 Å². The van der Waals surface area contributed by atoms with Crippen LogP contribution in [0.3, 0.4) is 0 Å². The fraction of sp³-hybridized carbons (Fsp3) is 0.917. The van der Waals surface area contributed by atoms with E-state index in [2.05, 4.69) is 0 Å². The summed E-state index contributed by atoms with van der Waals surface area (Å²) in [5.41, 5.74) is 5.40. The van der Waals surface area contributed by atoms with Gasteiger partial charge in [-0.05, 0) is 25.2 Å². The van der Waals surface area contributed by atoms with Crippen molar-refractivity contribution in [3.63, 3.8) is 0 Å². The minimum absolute atomic E-state index is 0.0584. The second-order valence-electron chi connectivity index (χ2n) is 5.56. The highest BCUT2D eigenvalue weighted by Crippen LogP contribution is 2.33. The second-order valence-corrected chi connectivity index (χ2v) is 7.60. The SMILES string of the molecule is N=C(N)CN(C1CCCC1)S(=O)(=O)CCC1CC1. The van der Waals surface area contributed by atoms with Crippen LogP contribution in [0.2, 0.25) is 0 Å². The van der Waals surface area contributed by atoms with Crippen LogP contribution in [0.25, 0.3) is 0 Å². The van der Waals surface area contributed by atoms with Crippen molar-refractivity contribution in [1.29, 1.82) is 5.41 Å². The Bertz CT molecular complexity index is 398. The van der Waals surface area contributed by atoms with E-state index in [1.807, 2.05) is 0 Å². The van der Waals surface area contributed by atoms with Crippen molar-refractivity contribution in [3.8, 4) is 0 Å². The fourth-order valence-corrected chi connectivity index (χ4v) is 4.52. The third-order valence-corrected chi connectivity index (χ3v) is 5.79. The normalized spacial score (nSPS) is 21.6. The molecule has 18 heavy (non-hydrogen) atoms. The minimum Gasteiger partial charge on any atom is -0.387 e. The van der Waals surface area contributed by atoms with Crippen LogP contribution in [0.5, 0.6) is 0 Å². The molecule has 0 heterocycles. The molecule has 2 aliphatic rings. The lowest BCUT2D eigenvalue weighted by atomic mass is 10.2. The first-order valence-electron chi connectivity index (χ1n) is 6.81. The van der Waals surface area contributed by atoms with Crippen LogP contribution < -0.4 is 5.73 Å². The molecule has 0 atom stereocenters. The maximum Gasteiger partial charge on any atom is 0.214 e. The van der Waals surface area contributed by atoms with E-state index in [1.54, 1.807) is 0 Å². The highest BCUT2D eigenvalue weighted by atomic mass is 32.2. The van der Waals surface area contributed by atoms with Crippen molar-refractivity contribution in [2.24, 2.45) is 11.7 Å². The molecule has 0 aromatic rings. The summed E-state index contributed by atoms with van der Waals surface area (Å²) in [7, 11) is -3.24. The Morgan fingerprint density at radius 1 is 1.22 bits per heavy atom. The second kappa shape index (κ2) is 5.57. The van der Waals surface area contributed by atoms with Crippen LogP contribution in [-0.2, 0) is 10.0 Å². The first-order chi connectivity index (χ1) is 8.49. The Balaban J connectivity index is 2.02. The van der Waals surface area contributed by atoms with Gasteiger partial charge in [0.1, 0.15) is 5.84 Å². The Morgan fingerprint density at radius 3 is 2.33 bits per heavy atom. The van der Waals surface area contributed by atoms with Gasteiger partial charge in [0.05, 0.1) is 12.3 Å². The van der Waals surface area contributed by atoms with Gasteiger partial charge in [0, 0.05) is 6.04 Å². The van der Waals surface area contributed by atoms with Crippen molar-refractivity contribution in [1.82, 2.24) is 4.31 Å². The number of hydrogen-bond acceptors (Lipinski definition) is 3. The zero-order valence-electron chi connectivity index (χ0n) is 10.8. The van der Waals surface area contributed by atoms with Crippen LogP contribution in [0.4, 0.5) is 0 Å². The van der Waals surface area contributed by atoms with Crippen LogP contribution in [0, 0.1) is 11.3 Å². The van der Waals surface area contributed by atoms with E-state index >= 15 is 0 Å². The first-order valence-corrected chi connectivity index (χ1v) is 8.42. The number of nitrogens with zero attached hydrogens (tertiary/aromatic N) is 1. The maximum absolute atomic E-state index is 12.4. The molecule has 3 N–H and O–H groups in total.